The van der Waals surface area contributed by atoms with Crippen molar-refractivity contribution in [3.05, 3.63) is 65.7 Å². The van der Waals surface area contributed by atoms with E-state index in [0.717, 1.165) is 45.0 Å². The molecule has 10 heteroatoms. The maximum absolute atomic E-state index is 14.3. The minimum Gasteiger partial charge on any atom is -0.316 e. The molecule has 0 radical (unpaired) electrons. The Balaban J connectivity index is 1.23. The lowest BCUT2D eigenvalue weighted by Crippen LogP contribution is -2.60. The number of imide groups is 1. The molecule has 2 aromatic rings. The number of urea groups is 1. The summed E-state index contributed by atoms with van der Waals surface area (Å²) in [7, 11) is -3.34. The zero-order valence-corrected chi connectivity index (χ0v) is 26.6. The Morgan fingerprint density at radius 1 is 0.977 bits per heavy atom. The largest absolute Gasteiger partial charge is 0.327 e. The van der Waals surface area contributed by atoms with Crippen LogP contribution in [0.5, 0.6) is 0 Å². The van der Waals surface area contributed by atoms with Gasteiger partial charge in [0.2, 0.25) is 0 Å². The number of piperidine rings is 1. The predicted octanol–water partition coefficient (Wildman–Crippen LogP) is 3.84. The van der Waals surface area contributed by atoms with Crippen molar-refractivity contribution in [3.8, 4) is 0 Å². The molecule has 3 aliphatic heterocycles. The summed E-state index contributed by atoms with van der Waals surface area (Å²) in [6, 6.07) is 16.3. The molecule has 1 unspecified atom stereocenters. The van der Waals surface area contributed by atoms with E-state index in [-0.39, 0.29) is 47.2 Å². The molecule has 3 heterocycles. The van der Waals surface area contributed by atoms with E-state index in [4.69, 9.17) is 0 Å². The van der Waals surface area contributed by atoms with Gasteiger partial charge in [-0.25, -0.2) is 13.2 Å². The number of nitrogens with one attached hydrogen (secondary N) is 1. The first-order chi connectivity index (χ1) is 21.1. The van der Waals surface area contributed by atoms with Crippen LogP contribution in [0.4, 0.5) is 4.79 Å². The summed E-state index contributed by atoms with van der Waals surface area (Å²) in [5, 5.41) is 3.58. The summed E-state index contributed by atoms with van der Waals surface area (Å²) in [6.45, 7) is 5.21. The monoisotopic (exact) mass is 620 g/mol. The number of benzene rings is 2. The molecule has 236 valence electrons. The van der Waals surface area contributed by atoms with Gasteiger partial charge in [-0.05, 0) is 55.9 Å². The van der Waals surface area contributed by atoms with Crippen molar-refractivity contribution in [1.82, 2.24) is 20.0 Å². The van der Waals surface area contributed by atoms with Crippen molar-refractivity contribution in [1.29, 1.82) is 0 Å². The summed E-state index contributed by atoms with van der Waals surface area (Å²) in [6.07, 6.45) is 6.25. The highest BCUT2D eigenvalue weighted by Crippen LogP contribution is 2.42. The van der Waals surface area contributed by atoms with Gasteiger partial charge >= 0.3 is 6.03 Å². The average molecular weight is 621 g/mol. The number of rotatable bonds is 9. The molecule has 3 saturated heterocycles. The number of hydrogen-bond acceptors (Lipinski definition) is 7. The highest BCUT2D eigenvalue weighted by atomic mass is 32.2. The molecule has 0 bridgehead atoms. The number of likely N-dealkylation sites (tertiary alicyclic amines) is 1. The van der Waals surface area contributed by atoms with E-state index < -0.39 is 15.4 Å². The lowest BCUT2D eigenvalue weighted by atomic mass is 9.77. The van der Waals surface area contributed by atoms with E-state index >= 15 is 0 Å². The highest BCUT2D eigenvalue weighted by molar-refractivity contribution is 7.90. The second-order valence-electron chi connectivity index (χ2n) is 13.1. The molecule has 4 fully saturated rings. The van der Waals surface area contributed by atoms with Crippen LogP contribution in [0.3, 0.4) is 0 Å². The van der Waals surface area contributed by atoms with Gasteiger partial charge in [-0.1, -0.05) is 55.3 Å². The third-order valence-corrected chi connectivity index (χ3v) is 11.7. The van der Waals surface area contributed by atoms with Crippen molar-refractivity contribution >= 4 is 27.6 Å². The van der Waals surface area contributed by atoms with Gasteiger partial charge < -0.3 is 10.2 Å². The zero-order chi connectivity index (χ0) is 31.1. The molecule has 9 nitrogen and oxygen atoms in total. The first-order valence-electron chi connectivity index (χ1n) is 16.1. The molecule has 1 spiro atoms. The normalized spacial score (nSPS) is 25.3. The highest BCUT2D eigenvalue weighted by Gasteiger charge is 2.58. The fourth-order valence-electron chi connectivity index (χ4n) is 8.25. The predicted molar refractivity (Wildman–Crippen MR) is 168 cm³/mol. The Hall–Kier alpha value is -3.08. The van der Waals surface area contributed by atoms with E-state index in [2.05, 4.69) is 34.5 Å². The number of likely N-dealkylation sites (N-methyl/N-ethyl adjacent to an activating group) is 1. The molecule has 1 N–H and O–H groups in total. The molecule has 2 aromatic carbocycles. The maximum Gasteiger partial charge on any atom is 0.327 e. The fourth-order valence-corrected chi connectivity index (χ4v) is 8.88. The van der Waals surface area contributed by atoms with E-state index in [1.54, 1.807) is 17.0 Å². The SMILES string of the molecule is CCN1C(=O)N(Cc2ccc(S(C)(=O)=O)cc2)C(=O)C12CCN(C(C(=O)C1CCCC1)[C@@H]1CNC[C@@H]1c1ccccc1)CC2. The molecular weight excluding hydrogens is 576 g/mol. The van der Waals surface area contributed by atoms with Crippen LogP contribution in [0.25, 0.3) is 0 Å². The van der Waals surface area contributed by atoms with Crippen molar-refractivity contribution < 1.29 is 22.8 Å². The summed E-state index contributed by atoms with van der Waals surface area (Å²) < 4.78 is 23.8. The van der Waals surface area contributed by atoms with E-state index in [1.165, 1.54) is 22.6 Å². The fraction of sp³-hybridized carbons (Fsp3) is 0.559. The molecule has 3 atom stereocenters. The summed E-state index contributed by atoms with van der Waals surface area (Å²) in [5.41, 5.74) is 1.03. The Morgan fingerprint density at radius 3 is 2.25 bits per heavy atom. The van der Waals surface area contributed by atoms with Gasteiger partial charge in [0.25, 0.3) is 5.91 Å². The van der Waals surface area contributed by atoms with Gasteiger partial charge in [-0.2, -0.15) is 0 Å². The van der Waals surface area contributed by atoms with Crippen molar-refractivity contribution in [2.24, 2.45) is 11.8 Å². The molecule has 1 saturated carbocycles. The number of carbonyl (C=O) groups excluding carboxylic acids is 3. The zero-order valence-electron chi connectivity index (χ0n) is 25.8. The lowest BCUT2D eigenvalue weighted by molar-refractivity contribution is -0.138. The molecule has 44 heavy (non-hydrogen) atoms. The van der Waals surface area contributed by atoms with Crippen molar-refractivity contribution in [2.75, 3.05) is 39.0 Å². The number of ketones is 1. The quantitative estimate of drug-likeness (QED) is 0.425. The average Bonchev–Trinajstić information content (AvgIpc) is 3.77. The number of sulfone groups is 1. The number of Topliss-reactive ketones (excluding diaryl/α,β-unsaturated/α-hetero) is 1. The summed E-state index contributed by atoms with van der Waals surface area (Å²) in [5.74, 6) is 0.648. The molecule has 6 rings (SSSR count). The number of carbonyl (C=O) groups is 3. The lowest BCUT2D eigenvalue weighted by Gasteiger charge is -2.46. The van der Waals surface area contributed by atoms with Crippen LogP contribution >= 0.6 is 0 Å². The van der Waals surface area contributed by atoms with Gasteiger partial charge in [-0.3, -0.25) is 19.4 Å². The van der Waals surface area contributed by atoms with E-state index in [0.29, 0.717) is 43.8 Å². The Bertz CT molecular complexity index is 1480. The molecular formula is C34H44N4O5S. The van der Waals surface area contributed by atoms with Crippen LogP contribution < -0.4 is 5.32 Å². The van der Waals surface area contributed by atoms with E-state index in [9.17, 15) is 22.8 Å². The Labute approximate surface area is 260 Å². The number of hydrogen-bond donors (Lipinski definition) is 1. The van der Waals surface area contributed by atoms with Gasteiger partial charge in [-0.15, -0.1) is 0 Å². The Kier molecular flexibility index (Phi) is 8.69. The number of nitrogens with zero attached hydrogens (tertiary/aromatic N) is 3. The summed E-state index contributed by atoms with van der Waals surface area (Å²) >= 11 is 0. The third kappa shape index (κ3) is 5.61. The van der Waals surface area contributed by atoms with Crippen molar-refractivity contribution in [3.63, 3.8) is 0 Å². The second kappa shape index (κ2) is 12.4. The third-order valence-electron chi connectivity index (χ3n) is 10.6. The van der Waals surface area contributed by atoms with Crippen LogP contribution in [0.15, 0.2) is 59.5 Å². The smallest absolute Gasteiger partial charge is 0.316 e. The second-order valence-corrected chi connectivity index (χ2v) is 15.1. The molecule has 0 aromatic heterocycles. The van der Waals surface area contributed by atoms with Crippen LogP contribution in [0, 0.1) is 11.8 Å². The van der Waals surface area contributed by atoms with Gasteiger partial charge in [0.05, 0.1) is 17.5 Å². The van der Waals surface area contributed by atoms with Crippen LogP contribution in [0.1, 0.15) is 62.5 Å². The minimum absolute atomic E-state index is 0.0962. The van der Waals surface area contributed by atoms with E-state index in [1.807, 2.05) is 13.0 Å². The first-order valence-corrected chi connectivity index (χ1v) is 18.0. The maximum atomic E-state index is 14.3. The number of amides is 3. The van der Waals surface area contributed by atoms with Crippen molar-refractivity contribution in [2.45, 2.75) is 74.4 Å². The minimum atomic E-state index is -3.34. The van der Waals surface area contributed by atoms with Crippen LogP contribution in [-0.2, 0) is 26.0 Å². The van der Waals surface area contributed by atoms with Crippen LogP contribution in [0.2, 0.25) is 0 Å². The molecule has 3 amide bonds. The van der Waals surface area contributed by atoms with Crippen LogP contribution in [-0.4, -0.2) is 91.4 Å². The Morgan fingerprint density at radius 2 is 1.64 bits per heavy atom. The van der Waals surface area contributed by atoms with Gasteiger partial charge in [0.15, 0.2) is 15.6 Å². The van der Waals surface area contributed by atoms with Gasteiger partial charge in [0, 0.05) is 56.7 Å². The van der Waals surface area contributed by atoms with Gasteiger partial charge in [0.1, 0.15) is 5.54 Å². The first kappa shape index (κ1) is 30.9. The summed E-state index contributed by atoms with van der Waals surface area (Å²) in [4.78, 5) is 47.5. The topological polar surface area (TPSA) is 107 Å². The molecule has 4 aliphatic rings. The standard InChI is InChI=1S/C34H44N4O5S/c1-3-38-33(41)37(23-24-13-15-27(16-14-24)44(2,42)43)32(40)34(38)17-19-36(20-18-34)30(31(39)26-11-7-8-12-26)29-22-35-21-28(29)25-9-5-4-6-10-25/h4-6,9-10,13-16,26,28-30,35H,3,7-8,11-12,17-23H2,1-2H3/t28-,29-,30?/m1/s1. The molecule has 1 aliphatic carbocycles.